The Balaban J connectivity index is 3.47. The molecular weight excluding hydrogens is 755 g/mol. The first-order valence-electron chi connectivity index (χ1n) is 26.4. The molecule has 0 saturated heterocycles. The summed E-state index contributed by atoms with van der Waals surface area (Å²) in [6.07, 6.45) is 62.6. The molecular formula is C55H101NO5. The first-order chi connectivity index (χ1) is 30.0. The summed E-state index contributed by atoms with van der Waals surface area (Å²) in [6.45, 7) is 4.83. The van der Waals surface area contributed by atoms with Gasteiger partial charge in [-0.15, -0.1) is 0 Å². The Kier molecular flexibility index (Phi) is 48.7. The summed E-state index contributed by atoms with van der Waals surface area (Å²) in [6, 6.07) is -0.639. The molecule has 0 aliphatic carbocycles. The molecule has 0 aliphatic heterocycles. The standard InChI is InChI=1S/C55H101NO5/c1-3-5-7-9-11-13-15-16-17-18-19-23-26-29-33-37-41-45-49-55(60)61-50-46-42-38-34-30-27-24-21-20-22-25-28-32-36-40-44-48-54(59)56-52(51-57)53(58)47-43-39-35-31-14-12-10-8-6-4-2/h13,15,17-18,20,22,43,47,52-53,57-58H,3-12,14,16,19,21,23-42,44-46,48-51H2,1-2H3,(H,56,59)/b15-13-,18-17-,22-20-,47-43+. The molecule has 0 aliphatic rings. The zero-order chi connectivity index (χ0) is 44.4. The number of aliphatic hydroxyl groups is 2. The fourth-order valence-corrected chi connectivity index (χ4v) is 7.71. The molecule has 0 saturated carbocycles. The summed E-state index contributed by atoms with van der Waals surface area (Å²) in [7, 11) is 0. The number of aliphatic hydroxyl groups excluding tert-OH is 2. The van der Waals surface area contributed by atoms with E-state index in [-0.39, 0.29) is 18.5 Å². The van der Waals surface area contributed by atoms with Gasteiger partial charge in [0.15, 0.2) is 0 Å². The minimum Gasteiger partial charge on any atom is -0.466 e. The number of amides is 1. The first kappa shape index (κ1) is 58.8. The molecule has 0 aromatic carbocycles. The Morgan fingerprint density at radius 1 is 0.459 bits per heavy atom. The smallest absolute Gasteiger partial charge is 0.305 e. The van der Waals surface area contributed by atoms with Crippen molar-refractivity contribution in [1.29, 1.82) is 0 Å². The van der Waals surface area contributed by atoms with E-state index in [4.69, 9.17) is 4.74 Å². The molecule has 0 heterocycles. The maximum absolute atomic E-state index is 12.4. The van der Waals surface area contributed by atoms with Crippen molar-refractivity contribution in [2.75, 3.05) is 13.2 Å². The van der Waals surface area contributed by atoms with E-state index in [1.165, 1.54) is 167 Å². The van der Waals surface area contributed by atoms with Gasteiger partial charge in [0.05, 0.1) is 25.4 Å². The molecule has 0 fully saturated rings. The van der Waals surface area contributed by atoms with Crippen molar-refractivity contribution in [3.8, 4) is 0 Å². The third-order valence-electron chi connectivity index (χ3n) is 11.8. The highest BCUT2D eigenvalue weighted by molar-refractivity contribution is 5.76. The lowest BCUT2D eigenvalue weighted by Gasteiger charge is -2.20. The topological polar surface area (TPSA) is 95.9 Å². The van der Waals surface area contributed by atoms with Crippen LogP contribution in [0.1, 0.15) is 264 Å². The quantitative estimate of drug-likeness (QED) is 0.0322. The summed E-state index contributed by atoms with van der Waals surface area (Å²) in [4.78, 5) is 24.4. The second kappa shape index (κ2) is 50.5. The van der Waals surface area contributed by atoms with Crippen molar-refractivity contribution in [2.24, 2.45) is 0 Å². The summed E-state index contributed by atoms with van der Waals surface area (Å²) >= 11 is 0. The van der Waals surface area contributed by atoms with Crippen LogP contribution in [0.4, 0.5) is 0 Å². The van der Waals surface area contributed by atoms with E-state index in [0.29, 0.717) is 19.4 Å². The highest BCUT2D eigenvalue weighted by atomic mass is 16.5. The maximum Gasteiger partial charge on any atom is 0.305 e. The predicted molar refractivity (Wildman–Crippen MR) is 264 cm³/mol. The summed E-state index contributed by atoms with van der Waals surface area (Å²) in [5, 5.41) is 22.9. The van der Waals surface area contributed by atoms with Gasteiger partial charge >= 0.3 is 5.97 Å². The summed E-state index contributed by atoms with van der Waals surface area (Å²) < 4.78 is 5.47. The second-order valence-corrected chi connectivity index (χ2v) is 17.8. The van der Waals surface area contributed by atoms with Gasteiger partial charge < -0.3 is 20.3 Å². The first-order valence-corrected chi connectivity index (χ1v) is 26.4. The average molecular weight is 856 g/mol. The molecule has 356 valence electrons. The number of hydrogen-bond donors (Lipinski definition) is 3. The van der Waals surface area contributed by atoms with E-state index in [1.54, 1.807) is 6.08 Å². The van der Waals surface area contributed by atoms with E-state index >= 15 is 0 Å². The number of carbonyl (C=O) groups excluding carboxylic acids is 2. The predicted octanol–water partition coefficient (Wildman–Crippen LogP) is 15.8. The van der Waals surface area contributed by atoms with Gasteiger partial charge in [-0.05, 0) is 89.9 Å². The molecule has 2 atom stereocenters. The van der Waals surface area contributed by atoms with E-state index in [2.05, 4.69) is 55.6 Å². The largest absolute Gasteiger partial charge is 0.466 e. The zero-order valence-electron chi connectivity index (χ0n) is 40.4. The lowest BCUT2D eigenvalue weighted by Crippen LogP contribution is -2.45. The molecule has 2 unspecified atom stereocenters. The summed E-state index contributed by atoms with van der Waals surface area (Å²) in [5.74, 6) is -0.101. The number of nitrogens with one attached hydrogen (secondary N) is 1. The Hall–Kier alpha value is -2.18. The van der Waals surface area contributed by atoms with Crippen LogP contribution in [-0.4, -0.2) is 47.4 Å². The molecule has 0 aromatic heterocycles. The fourth-order valence-electron chi connectivity index (χ4n) is 7.71. The van der Waals surface area contributed by atoms with Gasteiger partial charge in [0.25, 0.3) is 0 Å². The zero-order valence-corrected chi connectivity index (χ0v) is 40.4. The number of esters is 1. The Morgan fingerprint density at radius 3 is 1.28 bits per heavy atom. The van der Waals surface area contributed by atoms with Crippen LogP contribution >= 0.6 is 0 Å². The Morgan fingerprint density at radius 2 is 0.820 bits per heavy atom. The molecule has 0 bridgehead atoms. The van der Waals surface area contributed by atoms with Gasteiger partial charge in [0.1, 0.15) is 0 Å². The number of allylic oxidation sites excluding steroid dienone is 7. The van der Waals surface area contributed by atoms with Crippen LogP contribution in [0.5, 0.6) is 0 Å². The molecule has 0 spiro atoms. The van der Waals surface area contributed by atoms with Gasteiger partial charge in [0.2, 0.25) is 5.91 Å². The van der Waals surface area contributed by atoms with Crippen LogP contribution < -0.4 is 5.32 Å². The van der Waals surface area contributed by atoms with Gasteiger partial charge in [-0.1, -0.05) is 210 Å². The van der Waals surface area contributed by atoms with Crippen molar-refractivity contribution in [1.82, 2.24) is 5.32 Å². The molecule has 6 heteroatoms. The number of carbonyl (C=O) groups is 2. The highest BCUT2D eigenvalue weighted by Crippen LogP contribution is 2.14. The van der Waals surface area contributed by atoms with Crippen LogP contribution in [0.15, 0.2) is 48.6 Å². The highest BCUT2D eigenvalue weighted by Gasteiger charge is 2.18. The average Bonchev–Trinajstić information content (AvgIpc) is 3.26. The Labute approximate surface area is 378 Å². The van der Waals surface area contributed by atoms with Crippen LogP contribution in [0.2, 0.25) is 0 Å². The SMILES string of the molecule is CCCCCC/C=C\C/C=C\CCCCCCCCCC(=O)OCCCCCCCCC/C=C\CCCCCCCC(=O)NC(CO)C(O)/C=C/CCCCCCCCCC. The second-order valence-electron chi connectivity index (χ2n) is 17.8. The van der Waals surface area contributed by atoms with E-state index < -0.39 is 12.1 Å². The third kappa shape index (κ3) is 47.1. The van der Waals surface area contributed by atoms with Crippen molar-refractivity contribution < 1.29 is 24.5 Å². The number of rotatable bonds is 48. The molecule has 1 amide bonds. The molecule has 0 aromatic rings. The minimum absolute atomic E-state index is 0.0123. The van der Waals surface area contributed by atoms with Crippen LogP contribution in [0.25, 0.3) is 0 Å². The van der Waals surface area contributed by atoms with Crippen molar-refractivity contribution in [2.45, 2.75) is 276 Å². The third-order valence-corrected chi connectivity index (χ3v) is 11.8. The molecule has 0 radical (unpaired) electrons. The van der Waals surface area contributed by atoms with Crippen molar-refractivity contribution in [3.63, 3.8) is 0 Å². The Bertz CT molecular complexity index is 1040. The van der Waals surface area contributed by atoms with Crippen LogP contribution in [-0.2, 0) is 14.3 Å². The van der Waals surface area contributed by atoms with Gasteiger partial charge in [-0.2, -0.15) is 0 Å². The maximum atomic E-state index is 12.4. The van der Waals surface area contributed by atoms with Gasteiger partial charge in [-0.25, -0.2) is 0 Å². The van der Waals surface area contributed by atoms with Gasteiger partial charge in [-0.3, -0.25) is 9.59 Å². The minimum atomic E-state index is -0.854. The van der Waals surface area contributed by atoms with Crippen LogP contribution in [0.3, 0.4) is 0 Å². The van der Waals surface area contributed by atoms with Crippen LogP contribution in [0, 0.1) is 0 Å². The number of unbranched alkanes of at least 4 members (excludes halogenated alkanes) is 31. The molecule has 0 rings (SSSR count). The van der Waals surface area contributed by atoms with Crippen molar-refractivity contribution >= 4 is 11.9 Å². The molecule has 61 heavy (non-hydrogen) atoms. The van der Waals surface area contributed by atoms with E-state index in [9.17, 15) is 19.8 Å². The number of hydrogen-bond acceptors (Lipinski definition) is 5. The lowest BCUT2D eigenvalue weighted by atomic mass is 10.1. The van der Waals surface area contributed by atoms with Crippen molar-refractivity contribution in [3.05, 3.63) is 48.6 Å². The van der Waals surface area contributed by atoms with Gasteiger partial charge in [0, 0.05) is 12.8 Å². The number of ether oxygens (including phenoxy) is 1. The normalized spacial score (nSPS) is 13.0. The fraction of sp³-hybridized carbons (Fsp3) is 0.818. The lowest BCUT2D eigenvalue weighted by molar-refractivity contribution is -0.143. The molecule has 3 N–H and O–H groups in total. The summed E-state index contributed by atoms with van der Waals surface area (Å²) in [5.41, 5.74) is 0. The monoisotopic (exact) mass is 856 g/mol. The van der Waals surface area contributed by atoms with E-state index in [0.717, 1.165) is 70.6 Å². The van der Waals surface area contributed by atoms with E-state index in [1.807, 2.05) is 6.08 Å². The molecule has 6 nitrogen and oxygen atoms in total.